The zero-order valence-corrected chi connectivity index (χ0v) is 21.6. The Labute approximate surface area is 217 Å². The first-order valence-electron chi connectivity index (χ1n) is 12.4. The van der Waals surface area contributed by atoms with E-state index in [0.29, 0.717) is 18.0 Å². The summed E-state index contributed by atoms with van der Waals surface area (Å²) < 4.78 is 39.8. The highest BCUT2D eigenvalue weighted by molar-refractivity contribution is 7.92. The summed E-state index contributed by atoms with van der Waals surface area (Å²) in [5.41, 5.74) is 3.48. The van der Waals surface area contributed by atoms with E-state index in [0.717, 1.165) is 44.0 Å². The van der Waals surface area contributed by atoms with Crippen LogP contribution in [-0.4, -0.2) is 58.2 Å². The van der Waals surface area contributed by atoms with Crippen LogP contribution < -0.4 is 14.4 Å². The van der Waals surface area contributed by atoms with Gasteiger partial charge in [0, 0.05) is 26.2 Å². The second-order valence-corrected chi connectivity index (χ2v) is 11.2. The Bertz CT molecular complexity index is 1360. The first-order chi connectivity index (χ1) is 17.9. The molecular formula is C28H31N3O5S. The zero-order valence-electron chi connectivity index (χ0n) is 20.8. The van der Waals surface area contributed by atoms with Gasteiger partial charge in [-0.1, -0.05) is 48.5 Å². The molecule has 0 bridgehead atoms. The van der Waals surface area contributed by atoms with Gasteiger partial charge in [-0.2, -0.15) is 0 Å². The number of anilines is 1. The van der Waals surface area contributed by atoms with Gasteiger partial charge >= 0.3 is 0 Å². The number of carbonyl (C=O) groups is 1. The number of benzene rings is 3. The number of ether oxygens (including phenoxy) is 2. The van der Waals surface area contributed by atoms with Crippen molar-refractivity contribution in [2.45, 2.75) is 31.0 Å². The van der Waals surface area contributed by atoms with Gasteiger partial charge in [0.1, 0.15) is 5.75 Å². The molecule has 0 aliphatic carbocycles. The van der Waals surface area contributed by atoms with E-state index in [4.69, 9.17) is 9.47 Å². The summed E-state index contributed by atoms with van der Waals surface area (Å²) in [5, 5.41) is 2.93. The number of hydrogen-bond acceptors (Lipinski definition) is 6. The molecular weight excluding hydrogens is 490 g/mol. The molecule has 3 aromatic rings. The minimum absolute atomic E-state index is 0.114. The molecule has 9 heteroatoms. The van der Waals surface area contributed by atoms with Crippen LogP contribution in [0.1, 0.15) is 16.7 Å². The van der Waals surface area contributed by atoms with Crippen LogP contribution in [0.2, 0.25) is 0 Å². The monoisotopic (exact) mass is 521 g/mol. The summed E-state index contributed by atoms with van der Waals surface area (Å²) in [5.74, 6) is 0.00193. The lowest BCUT2D eigenvalue weighted by Crippen LogP contribution is -2.50. The van der Waals surface area contributed by atoms with Gasteiger partial charge in [-0.3, -0.25) is 14.0 Å². The van der Waals surface area contributed by atoms with Crippen LogP contribution in [0.5, 0.6) is 5.75 Å². The van der Waals surface area contributed by atoms with E-state index in [1.807, 2.05) is 25.1 Å². The van der Waals surface area contributed by atoms with Gasteiger partial charge in [0.15, 0.2) is 6.10 Å². The Morgan fingerprint density at radius 1 is 0.973 bits per heavy atom. The first kappa shape index (κ1) is 25.3. The standard InChI is InChI=1S/C28H31N3O5S/c1-21-10-11-26-25(16-21)31(37(33,34)24-8-3-2-4-9-24)20-27(36-26)28(32)29-18-22-6-5-7-23(17-22)19-30-12-14-35-15-13-30/h2-11,16-17,27H,12-15,18-20H2,1H3,(H,29,32). The van der Waals surface area contributed by atoms with Crippen molar-refractivity contribution in [2.24, 2.45) is 0 Å². The van der Waals surface area contributed by atoms with E-state index >= 15 is 0 Å². The molecule has 3 aromatic carbocycles. The molecule has 0 spiro atoms. The number of fused-ring (bicyclic) bond motifs is 1. The number of rotatable bonds is 7. The number of carbonyl (C=O) groups excluding carboxylic acids is 1. The molecule has 2 aliphatic heterocycles. The van der Waals surface area contributed by atoms with Crippen LogP contribution in [0.4, 0.5) is 5.69 Å². The predicted molar refractivity (Wildman–Crippen MR) is 141 cm³/mol. The molecule has 1 N–H and O–H groups in total. The molecule has 37 heavy (non-hydrogen) atoms. The summed E-state index contributed by atoms with van der Waals surface area (Å²) in [4.78, 5) is 15.7. The number of hydrogen-bond donors (Lipinski definition) is 1. The number of nitrogens with zero attached hydrogens (tertiary/aromatic N) is 2. The van der Waals surface area contributed by atoms with Crippen molar-refractivity contribution in [1.82, 2.24) is 10.2 Å². The fourth-order valence-corrected chi connectivity index (χ4v) is 6.09. The highest BCUT2D eigenvalue weighted by Crippen LogP contribution is 2.37. The normalized spacial score (nSPS) is 18.1. The average Bonchev–Trinajstić information content (AvgIpc) is 2.92. The second kappa shape index (κ2) is 10.9. The van der Waals surface area contributed by atoms with Crippen LogP contribution in [0, 0.1) is 6.92 Å². The summed E-state index contributed by atoms with van der Waals surface area (Å²) in [6.45, 7) is 6.23. The Balaban J connectivity index is 1.30. The molecule has 2 aliphatic rings. The number of nitrogens with one attached hydrogen (secondary N) is 1. The van der Waals surface area contributed by atoms with Gasteiger partial charge in [0.2, 0.25) is 0 Å². The lowest BCUT2D eigenvalue weighted by Gasteiger charge is -2.35. The third-order valence-electron chi connectivity index (χ3n) is 6.58. The Hall–Kier alpha value is -3.40. The molecule has 194 valence electrons. The maximum atomic E-state index is 13.5. The topological polar surface area (TPSA) is 88.2 Å². The van der Waals surface area contributed by atoms with E-state index in [9.17, 15) is 13.2 Å². The van der Waals surface area contributed by atoms with Crippen LogP contribution in [-0.2, 0) is 32.6 Å². The fourth-order valence-electron chi connectivity index (χ4n) is 4.60. The minimum Gasteiger partial charge on any atom is -0.476 e. The highest BCUT2D eigenvalue weighted by Gasteiger charge is 2.37. The third kappa shape index (κ3) is 5.79. The Kier molecular flexibility index (Phi) is 7.45. The quantitative estimate of drug-likeness (QED) is 0.514. The maximum absolute atomic E-state index is 13.5. The molecule has 1 unspecified atom stereocenters. The molecule has 1 atom stereocenters. The van der Waals surface area contributed by atoms with Crippen LogP contribution in [0.25, 0.3) is 0 Å². The van der Waals surface area contributed by atoms with Crippen molar-refractivity contribution < 1.29 is 22.7 Å². The first-order valence-corrected chi connectivity index (χ1v) is 13.8. The molecule has 5 rings (SSSR count). The van der Waals surface area contributed by atoms with Gasteiger partial charge in [0.25, 0.3) is 15.9 Å². The van der Waals surface area contributed by atoms with E-state index in [1.54, 1.807) is 42.5 Å². The van der Waals surface area contributed by atoms with Gasteiger partial charge in [-0.15, -0.1) is 0 Å². The summed E-state index contributed by atoms with van der Waals surface area (Å²) >= 11 is 0. The summed E-state index contributed by atoms with van der Waals surface area (Å²) in [6.07, 6.45) is -0.981. The number of sulfonamides is 1. The molecule has 0 aromatic heterocycles. The van der Waals surface area contributed by atoms with Gasteiger partial charge < -0.3 is 14.8 Å². The molecule has 1 saturated heterocycles. The van der Waals surface area contributed by atoms with E-state index in [2.05, 4.69) is 22.3 Å². The van der Waals surface area contributed by atoms with Crippen molar-refractivity contribution in [1.29, 1.82) is 0 Å². The summed E-state index contributed by atoms with van der Waals surface area (Å²) in [7, 11) is -3.89. The average molecular weight is 522 g/mol. The van der Waals surface area contributed by atoms with Crippen molar-refractivity contribution in [3.63, 3.8) is 0 Å². The molecule has 2 heterocycles. The SMILES string of the molecule is Cc1ccc2c(c1)N(S(=O)(=O)c1ccccc1)CC(C(=O)NCc1cccc(CN3CCOCC3)c1)O2. The maximum Gasteiger partial charge on any atom is 0.264 e. The van der Waals surface area contributed by atoms with Crippen molar-refractivity contribution in [3.05, 3.63) is 89.5 Å². The zero-order chi connectivity index (χ0) is 25.8. The number of amides is 1. The number of morpholine rings is 1. The Morgan fingerprint density at radius 3 is 2.51 bits per heavy atom. The molecule has 0 saturated carbocycles. The lowest BCUT2D eigenvalue weighted by atomic mass is 10.1. The van der Waals surface area contributed by atoms with Gasteiger partial charge in [-0.05, 0) is 47.9 Å². The van der Waals surface area contributed by atoms with Crippen LogP contribution in [0.15, 0.2) is 77.7 Å². The van der Waals surface area contributed by atoms with Crippen molar-refractivity contribution in [3.8, 4) is 5.75 Å². The Morgan fingerprint density at radius 2 is 1.73 bits per heavy atom. The lowest BCUT2D eigenvalue weighted by molar-refractivity contribution is -0.127. The van der Waals surface area contributed by atoms with E-state index in [1.165, 1.54) is 9.87 Å². The van der Waals surface area contributed by atoms with Gasteiger partial charge in [0.05, 0.1) is 30.3 Å². The van der Waals surface area contributed by atoms with E-state index in [-0.39, 0.29) is 17.3 Å². The summed E-state index contributed by atoms with van der Waals surface area (Å²) in [6, 6.07) is 21.7. The van der Waals surface area contributed by atoms with Crippen LogP contribution in [0.3, 0.4) is 0 Å². The molecule has 1 amide bonds. The second-order valence-electron chi connectivity index (χ2n) is 9.35. The van der Waals surface area contributed by atoms with E-state index < -0.39 is 16.1 Å². The fraction of sp³-hybridized carbons (Fsp3) is 0.321. The molecule has 1 fully saturated rings. The van der Waals surface area contributed by atoms with Gasteiger partial charge in [-0.25, -0.2) is 8.42 Å². The smallest absolute Gasteiger partial charge is 0.264 e. The molecule has 0 radical (unpaired) electrons. The predicted octanol–water partition coefficient (Wildman–Crippen LogP) is 3.10. The minimum atomic E-state index is -3.89. The largest absolute Gasteiger partial charge is 0.476 e. The van der Waals surface area contributed by atoms with Crippen LogP contribution >= 0.6 is 0 Å². The number of aryl methyl sites for hydroxylation is 1. The molecule has 8 nitrogen and oxygen atoms in total. The highest BCUT2D eigenvalue weighted by atomic mass is 32.2. The van der Waals surface area contributed by atoms with Crippen molar-refractivity contribution in [2.75, 3.05) is 37.2 Å². The van der Waals surface area contributed by atoms with Crippen molar-refractivity contribution >= 4 is 21.6 Å². The third-order valence-corrected chi connectivity index (χ3v) is 8.37.